The van der Waals surface area contributed by atoms with Crippen molar-refractivity contribution in [1.82, 2.24) is 10.1 Å². The monoisotopic (exact) mass is 291 g/mol. The zero-order chi connectivity index (χ0) is 15.0. The van der Waals surface area contributed by atoms with Gasteiger partial charge in [-0.2, -0.15) is 4.98 Å². The van der Waals surface area contributed by atoms with Gasteiger partial charge >= 0.3 is 0 Å². The molecular weight excluding hydrogens is 262 g/mol. The smallest absolute Gasteiger partial charge is 0.230 e. The molecule has 0 spiro atoms. The van der Waals surface area contributed by atoms with Gasteiger partial charge in [-0.25, -0.2) is 0 Å². The third kappa shape index (κ3) is 2.75. The number of nitrogens with two attached hydrogens (primary N) is 1. The highest BCUT2D eigenvalue weighted by atomic mass is 16.5. The summed E-state index contributed by atoms with van der Waals surface area (Å²) in [5, 5.41) is 4.31. The van der Waals surface area contributed by atoms with Crippen molar-refractivity contribution >= 4 is 0 Å². The Morgan fingerprint density at radius 3 is 2.52 bits per heavy atom. The molecule has 21 heavy (non-hydrogen) atoms. The summed E-state index contributed by atoms with van der Waals surface area (Å²) in [5.41, 5.74) is 6.37. The quantitative estimate of drug-likeness (QED) is 0.895. The summed E-state index contributed by atoms with van der Waals surface area (Å²) < 4.78 is 5.67. The van der Waals surface area contributed by atoms with Crippen LogP contribution in [-0.4, -0.2) is 16.2 Å². The Morgan fingerprint density at radius 1 is 1.10 bits per heavy atom. The molecule has 118 valence electrons. The topological polar surface area (TPSA) is 64.9 Å². The lowest BCUT2D eigenvalue weighted by atomic mass is 9.61. The van der Waals surface area contributed by atoms with Gasteiger partial charge in [0, 0.05) is 17.9 Å². The van der Waals surface area contributed by atoms with Crippen molar-refractivity contribution in [1.29, 1.82) is 0 Å². The lowest BCUT2D eigenvalue weighted by molar-refractivity contribution is 0.0806. The Balaban J connectivity index is 1.79. The Morgan fingerprint density at radius 2 is 1.81 bits per heavy atom. The minimum atomic E-state index is 0.119. The highest BCUT2D eigenvalue weighted by molar-refractivity contribution is 5.08. The van der Waals surface area contributed by atoms with Gasteiger partial charge in [-0.3, -0.25) is 0 Å². The lowest BCUT2D eigenvalue weighted by Gasteiger charge is -2.45. The Hall–Kier alpha value is -0.900. The van der Waals surface area contributed by atoms with Crippen LogP contribution in [0, 0.1) is 11.3 Å². The van der Waals surface area contributed by atoms with Crippen molar-refractivity contribution in [3.8, 4) is 0 Å². The van der Waals surface area contributed by atoms with Crippen LogP contribution < -0.4 is 5.73 Å². The molecule has 4 nitrogen and oxygen atoms in total. The minimum Gasteiger partial charge on any atom is -0.339 e. The van der Waals surface area contributed by atoms with E-state index in [0.29, 0.717) is 17.8 Å². The van der Waals surface area contributed by atoms with Crippen molar-refractivity contribution in [3.63, 3.8) is 0 Å². The van der Waals surface area contributed by atoms with Gasteiger partial charge in [-0.1, -0.05) is 45.2 Å². The number of hydrogen-bond acceptors (Lipinski definition) is 4. The van der Waals surface area contributed by atoms with Gasteiger partial charge < -0.3 is 10.3 Å². The van der Waals surface area contributed by atoms with E-state index in [4.69, 9.17) is 15.2 Å². The number of hydrogen-bond donors (Lipinski definition) is 1. The van der Waals surface area contributed by atoms with Crippen molar-refractivity contribution in [2.45, 2.75) is 83.6 Å². The summed E-state index contributed by atoms with van der Waals surface area (Å²) in [6, 6.07) is 0.289. The largest absolute Gasteiger partial charge is 0.339 e. The average Bonchev–Trinajstić information content (AvgIpc) is 2.95. The van der Waals surface area contributed by atoms with Gasteiger partial charge in [0.15, 0.2) is 5.82 Å². The molecule has 0 aliphatic heterocycles. The molecule has 3 rings (SSSR count). The van der Waals surface area contributed by atoms with E-state index in [1.807, 2.05) is 0 Å². The number of rotatable bonds is 2. The molecule has 0 radical (unpaired) electrons. The average molecular weight is 291 g/mol. The number of nitrogens with zero attached hydrogens (tertiary/aromatic N) is 2. The second kappa shape index (κ2) is 5.71. The van der Waals surface area contributed by atoms with Crippen LogP contribution in [0.25, 0.3) is 0 Å². The van der Waals surface area contributed by atoms with Crippen LogP contribution in [-0.2, 0) is 0 Å². The van der Waals surface area contributed by atoms with E-state index in [9.17, 15) is 0 Å². The molecule has 2 aliphatic carbocycles. The molecule has 0 amide bonds. The van der Waals surface area contributed by atoms with Gasteiger partial charge in [0.25, 0.3) is 0 Å². The fraction of sp³-hybridized carbons (Fsp3) is 0.882. The predicted molar refractivity (Wildman–Crippen MR) is 83.0 cm³/mol. The third-order valence-corrected chi connectivity index (χ3v) is 6.23. The van der Waals surface area contributed by atoms with E-state index in [-0.39, 0.29) is 11.5 Å². The molecule has 2 saturated carbocycles. The molecule has 1 aromatic rings. The fourth-order valence-electron chi connectivity index (χ4n) is 4.21. The van der Waals surface area contributed by atoms with Crippen molar-refractivity contribution < 1.29 is 4.52 Å². The van der Waals surface area contributed by atoms with Gasteiger partial charge in [-0.15, -0.1) is 0 Å². The SMILES string of the molecule is CC1C(N)CCC(c2nc(C3CCCCC3)no2)C1(C)C. The molecular formula is C17H29N3O. The van der Waals surface area contributed by atoms with Crippen LogP contribution in [0.4, 0.5) is 0 Å². The summed E-state index contributed by atoms with van der Waals surface area (Å²) in [5.74, 6) is 3.13. The molecule has 3 atom stereocenters. The lowest BCUT2D eigenvalue weighted by Crippen LogP contribution is -2.45. The zero-order valence-electron chi connectivity index (χ0n) is 13.6. The first kappa shape index (κ1) is 15.0. The first-order chi connectivity index (χ1) is 10.00. The first-order valence-electron chi connectivity index (χ1n) is 8.59. The summed E-state index contributed by atoms with van der Waals surface area (Å²) in [7, 11) is 0. The molecule has 2 aliphatic rings. The maximum absolute atomic E-state index is 6.25. The minimum absolute atomic E-state index is 0.119. The molecule has 2 N–H and O–H groups in total. The van der Waals surface area contributed by atoms with Gasteiger partial charge in [0.05, 0.1) is 0 Å². The molecule has 0 aromatic carbocycles. The molecule has 3 unspecified atom stereocenters. The highest BCUT2D eigenvalue weighted by Gasteiger charge is 2.45. The Bertz CT molecular complexity index is 476. The summed E-state index contributed by atoms with van der Waals surface area (Å²) in [6.07, 6.45) is 8.50. The number of aromatic nitrogens is 2. The summed E-state index contributed by atoms with van der Waals surface area (Å²) in [4.78, 5) is 4.79. The molecule has 0 bridgehead atoms. The van der Waals surface area contributed by atoms with Gasteiger partial charge in [-0.05, 0) is 37.0 Å². The standard InChI is InChI=1S/C17H29N3O/c1-11-14(18)10-9-13(17(11,2)3)16-19-15(20-21-16)12-7-5-4-6-8-12/h11-14H,4-10,18H2,1-3H3. The normalized spacial score (nSPS) is 34.0. The van der Waals surface area contributed by atoms with E-state index in [2.05, 4.69) is 25.9 Å². The van der Waals surface area contributed by atoms with E-state index >= 15 is 0 Å². The van der Waals surface area contributed by atoms with Gasteiger partial charge in [0.1, 0.15) is 0 Å². The Kier molecular flexibility index (Phi) is 4.08. The van der Waals surface area contributed by atoms with E-state index in [1.165, 1.54) is 32.1 Å². The third-order valence-electron chi connectivity index (χ3n) is 6.23. The first-order valence-corrected chi connectivity index (χ1v) is 8.59. The molecule has 1 aromatic heterocycles. The maximum Gasteiger partial charge on any atom is 0.230 e. The van der Waals surface area contributed by atoms with E-state index < -0.39 is 0 Å². The van der Waals surface area contributed by atoms with Crippen molar-refractivity contribution in [2.24, 2.45) is 17.1 Å². The van der Waals surface area contributed by atoms with E-state index in [0.717, 1.165) is 24.6 Å². The van der Waals surface area contributed by atoms with Crippen LogP contribution in [0.2, 0.25) is 0 Å². The zero-order valence-corrected chi connectivity index (χ0v) is 13.6. The Labute approximate surface area is 127 Å². The summed E-state index contributed by atoms with van der Waals surface area (Å²) >= 11 is 0. The van der Waals surface area contributed by atoms with Crippen LogP contribution in [0.5, 0.6) is 0 Å². The second-order valence-electron chi connectivity index (χ2n) is 7.73. The van der Waals surface area contributed by atoms with Crippen LogP contribution in [0.3, 0.4) is 0 Å². The van der Waals surface area contributed by atoms with Gasteiger partial charge in [0.2, 0.25) is 5.89 Å². The second-order valence-corrected chi connectivity index (χ2v) is 7.73. The molecule has 2 fully saturated rings. The fourth-order valence-corrected chi connectivity index (χ4v) is 4.21. The maximum atomic E-state index is 6.25. The van der Waals surface area contributed by atoms with Crippen LogP contribution in [0.15, 0.2) is 4.52 Å². The highest BCUT2D eigenvalue weighted by Crippen LogP contribution is 2.49. The van der Waals surface area contributed by atoms with Crippen LogP contribution >= 0.6 is 0 Å². The van der Waals surface area contributed by atoms with Crippen molar-refractivity contribution in [2.75, 3.05) is 0 Å². The molecule has 4 heteroatoms. The van der Waals surface area contributed by atoms with E-state index in [1.54, 1.807) is 0 Å². The summed E-state index contributed by atoms with van der Waals surface area (Å²) in [6.45, 7) is 6.85. The predicted octanol–water partition coefficient (Wildman–Crippen LogP) is 3.98. The van der Waals surface area contributed by atoms with Crippen LogP contribution in [0.1, 0.15) is 89.3 Å². The molecule has 1 heterocycles. The van der Waals surface area contributed by atoms with Crippen molar-refractivity contribution in [3.05, 3.63) is 11.7 Å². The molecule has 0 saturated heterocycles.